The van der Waals surface area contributed by atoms with Crippen LogP contribution in [0.5, 0.6) is 0 Å². The number of benzene rings is 3. The minimum Gasteiger partial charge on any atom is -0.251 e. The highest BCUT2D eigenvalue weighted by atomic mass is 14.9. The molecule has 0 aromatic heterocycles. The molecule has 0 radical (unpaired) electrons. The van der Waals surface area contributed by atoms with E-state index in [0.29, 0.717) is 0 Å². The number of nitrogens with zero attached hydrogens (tertiary/aromatic N) is 3. The molecule has 3 aromatic carbocycles. The molecular weight excluding hydrogens is 667 g/mol. The van der Waals surface area contributed by atoms with Gasteiger partial charge in [-0.25, -0.2) is 4.99 Å². The van der Waals surface area contributed by atoms with Crippen LogP contribution in [0.15, 0.2) is 123 Å². The summed E-state index contributed by atoms with van der Waals surface area (Å²) in [6, 6.07) is 19.1. The van der Waals surface area contributed by atoms with Gasteiger partial charge < -0.3 is 0 Å². The van der Waals surface area contributed by atoms with Crippen LogP contribution in [0.4, 0.5) is 11.4 Å². The molecule has 3 aliphatic carbocycles. The second kappa shape index (κ2) is 11.8. The standard InChI is InChI=1S/C52H55N3/c1-49(2,3)31-22-29(23-32(26-31)50(4,5)6)35-17-15-18-38-43-42(54-45(35)38)21-20-36-40-28-39(30-24-33(51(7,8)9)27-34(25-30)52(10,11)12)47-44(48(40)55-46(36)43)37-16-13-14-19-41(37)53-47/h13-15,17-28,35,39H,16H2,1-12H3. The van der Waals surface area contributed by atoms with E-state index in [2.05, 4.69) is 174 Å². The molecule has 0 amide bonds. The van der Waals surface area contributed by atoms with Crippen LogP contribution in [0.25, 0.3) is 11.1 Å². The van der Waals surface area contributed by atoms with Crippen LogP contribution in [-0.2, 0) is 21.7 Å². The molecule has 3 heterocycles. The Kier molecular flexibility index (Phi) is 7.68. The molecule has 55 heavy (non-hydrogen) atoms. The van der Waals surface area contributed by atoms with Crippen LogP contribution in [0.1, 0.15) is 146 Å². The van der Waals surface area contributed by atoms with Crippen molar-refractivity contribution in [3.8, 4) is 0 Å². The van der Waals surface area contributed by atoms with Gasteiger partial charge in [-0.3, -0.25) is 9.98 Å². The summed E-state index contributed by atoms with van der Waals surface area (Å²) in [6.45, 7) is 27.8. The monoisotopic (exact) mass is 721 g/mol. The Labute approximate surface area is 328 Å². The Morgan fingerprint density at radius 1 is 0.564 bits per heavy atom. The zero-order chi connectivity index (χ0) is 39.0. The molecular formula is C52H55N3. The molecule has 2 unspecified atom stereocenters. The smallest absolute Gasteiger partial charge is 0.0817 e. The Hall–Kier alpha value is -4.89. The van der Waals surface area contributed by atoms with Crippen molar-refractivity contribution < 1.29 is 0 Å². The van der Waals surface area contributed by atoms with Gasteiger partial charge in [0.1, 0.15) is 0 Å². The van der Waals surface area contributed by atoms with E-state index in [4.69, 9.17) is 15.0 Å². The predicted molar refractivity (Wildman–Crippen MR) is 235 cm³/mol. The van der Waals surface area contributed by atoms with E-state index in [0.717, 1.165) is 46.2 Å². The topological polar surface area (TPSA) is 37.1 Å². The van der Waals surface area contributed by atoms with Gasteiger partial charge in [0.25, 0.3) is 0 Å². The first-order valence-corrected chi connectivity index (χ1v) is 20.2. The number of aliphatic imine (C=N–C) groups is 3. The van der Waals surface area contributed by atoms with Crippen LogP contribution in [0.3, 0.4) is 0 Å². The minimum atomic E-state index is 0.0181. The van der Waals surface area contributed by atoms with Gasteiger partial charge in [0, 0.05) is 39.7 Å². The maximum absolute atomic E-state index is 5.62. The highest BCUT2D eigenvalue weighted by molar-refractivity contribution is 6.49. The molecule has 2 atom stereocenters. The van der Waals surface area contributed by atoms with Gasteiger partial charge in [0.15, 0.2) is 0 Å². The lowest BCUT2D eigenvalue weighted by Crippen LogP contribution is -2.25. The third-order valence-electron chi connectivity index (χ3n) is 12.3. The van der Waals surface area contributed by atoms with Gasteiger partial charge >= 0.3 is 0 Å². The van der Waals surface area contributed by atoms with Gasteiger partial charge in [-0.1, -0.05) is 156 Å². The molecule has 3 heteroatoms. The molecule has 0 N–H and O–H groups in total. The van der Waals surface area contributed by atoms with E-state index in [-0.39, 0.29) is 33.5 Å². The third kappa shape index (κ3) is 5.80. The van der Waals surface area contributed by atoms with E-state index in [1.807, 2.05) is 0 Å². The maximum atomic E-state index is 5.62. The zero-order valence-corrected chi connectivity index (χ0v) is 34.9. The van der Waals surface area contributed by atoms with E-state index < -0.39 is 0 Å². The first-order valence-electron chi connectivity index (χ1n) is 20.2. The molecule has 3 aliphatic heterocycles. The Bertz CT molecular complexity index is 2450. The summed E-state index contributed by atoms with van der Waals surface area (Å²) in [5, 5.41) is 0. The number of rotatable bonds is 2. The predicted octanol–water partition coefficient (Wildman–Crippen LogP) is 13.6. The van der Waals surface area contributed by atoms with Crippen molar-refractivity contribution in [1.29, 1.82) is 0 Å². The Morgan fingerprint density at radius 2 is 1.15 bits per heavy atom. The lowest BCUT2D eigenvalue weighted by Gasteiger charge is -2.30. The lowest BCUT2D eigenvalue weighted by molar-refractivity contribution is 0.566. The van der Waals surface area contributed by atoms with Crippen LogP contribution in [-0.4, -0.2) is 17.1 Å². The minimum absolute atomic E-state index is 0.0181. The van der Waals surface area contributed by atoms with Crippen LogP contribution in [0, 0.1) is 0 Å². The van der Waals surface area contributed by atoms with Crippen LogP contribution < -0.4 is 0 Å². The quantitative estimate of drug-likeness (QED) is 0.253. The molecule has 0 saturated carbocycles. The summed E-state index contributed by atoms with van der Waals surface area (Å²) in [5.41, 5.74) is 22.0. The summed E-state index contributed by atoms with van der Waals surface area (Å²) < 4.78 is 0. The highest BCUT2D eigenvalue weighted by Gasteiger charge is 2.43. The molecule has 0 spiro atoms. The first-order chi connectivity index (χ1) is 25.8. The summed E-state index contributed by atoms with van der Waals surface area (Å²) >= 11 is 0. The second-order valence-corrected chi connectivity index (χ2v) is 20.5. The third-order valence-corrected chi connectivity index (χ3v) is 12.3. The normalized spacial score (nSPS) is 21.1. The summed E-state index contributed by atoms with van der Waals surface area (Å²) in [6.07, 6.45) is 16.8. The molecule has 3 aromatic rings. The van der Waals surface area contributed by atoms with Crippen molar-refractivity contribution in [3.05, 3.63) is 152 Å². The van der Waals surface area contributed by atoms with Crippen molar-refractivity contribution in [2.24, 2.45) is 15.0 Å². The van der Waals surface area contributed by atoms with Crippen molar-refractivity contribution in [2.45, 2.75) is 123 Å². The fourth-order valence-corrected chi connectivity index (χ4v) is 8.89. The van der Waals surface area contributed by atoms with E-state index >= 15 is 0 Å². The van der Waals surface area contributed by atoms with Crippen molar-refractivity contribution >= 4 is 39.7 Å². The lowest BCUT2D eigenvalue weighted by atomic mass is 9.73. The molecule has 3 nitrogen and oxygen atoms in total. The Morgan fingerprint density at radius 3 is 1.73 bits per heavy atom. The molecule has 278 valence electrons. The van der Waals surface area contributed by atoms with Crippen molar-refractivity contribution in [3.63, 3.8) is 0 Å². The first kappa shape index (κ1) is 35.8. The van der Waals surface area contributed by atoms with Crippen molar-refractivity contribution in [2.75, 3.05) is 0 Å². The van der Waals surface area contributed by atoms with Gasteiger partial charge in [-0.05, 0) is 85.2 Å². The van der Waals surface area contributed by atoms with Crippen molar-refractivity contribution in [1.82, 2.24) is 0 Å². The zero-order valence-electron chi connectivity index (χ0n) is 34.9. The van der Waals surface area contributed by atoms with Gasteiger partial charge in [-0.15, -0.1) is 0 Å². The van der Waals surface area contributed by atoms with Gasteiger partial charge in [-0.2, -0.15) is 0 Å². The van der Waals surface area contributed by atoms with Crippen LogP contribution >= 0.6 is 0 Å². The number of hydrogen-bond donors (Lipinski definition) is 0. The number of hydrogen-bond acceptors (Lipinski definition) is 3. The largest absolute Gasteiger partial charge is 0.251 e. The average molecular weight is 722 g/mol. The maximum Gasteiger partial charge on any atom is 0.0817 e. The van der Waals surface area contributed by atoms with Gasteiger partial charge in [0.05, 0.1) is 34.2 Å². The Balaban J connectivity index is 1.19. The van der Waals surface area contributed by atoms with Crippen LogP contribution in [0.2, 0.25) is 0 Å². The molecule has 0 bridgehead atoms. The van der Waals surface area contributed by atoms with E-state index in [1.165, 1.54) is 61.2 Å². The summed E-state index contributed by atoms with van der Waals surface area (Å²) in [4.78, 5) is 16.5. The number of fused-ring (bicyclic) bond motifs is 10. The SMILES string of the molecule is CC(C)(C)c1cc(C2C=CC=C3C2=Nc2ccc4c(c23)N=C2C4=CC(c3cc(C(C)(C)C)cc(C(C)(C)C)c3)C3=NC4=CC=CCC4=C23)cc(C(C)(C)C)c1. The summed E-state index contributed by atoms with van der Waals surface area (Å²) in [7, 11) is 0. The molecule has 6 aliphatic rings. The summed E-state index contributed by atoms with van der Waals surface area (Å²) in [5.74, 6) is 0.0874. The molecule has 9 rings (SSSR count). The highest BCUT2D eigenvalue weighted by Crippen LogP contribution is 2.55. The fraction of sp³-hybridized carbons (Fsp3) is 0.365. The van der Waals surface area contributed by atoms with E-state index in [1.54, 1.807) is 0 Å². The van der Waals surface area contributed by atoms with Gasteiger partial charge in [0.2, 0.25) is 0 Å². The fourth-order valence-electron chi connectivity index (χ4n) is 8.89. The average Bonchev–Trinajstić information content (AvgIpc) is 3.80. The molecule has 0 saturated heterocycles. The second-order valence-electron chi connectivity index (χ2n) is 20.5. The van der Waals surface area contributed by atoms with E-state index in [9.17, 15) is 0 Å². The number of allylic oxidation sites excluding steroid dienone is 11. The molecule has 0 fully saturated rings.